The highest BCUT2D eigenvalue weighted by Gasteiger charge is 2.13. The average molecular weight is 255 g/mol. The molecule has 1 atom stereocenters. The largest absolute Gasteiger partial charge is 0.479 e. The molecule has 0 saturated carbocycles. The number of nitrogens with one attached hydrogen (secondary N) is 1. The minimum Gasteiger partial charge on any atom is -0.479 e. The van der Waals surface area contributed by atoms with E-state index in [0.717, 1.165) is 38.8 Å². The second kappa shape index (κ2) is 6.49. The lowest BCUT2D eigenvalue weighted by molar-refractivity contribution is 0.0530. The van der Waals surface area contributed by atoms with Gasteiger partial charge in [-0.15, -0.1) is 0 Å². The lowest BCUT2D eigenvalue weighted by Gasteiger charge is -2.21. The van der Waals surface area contributed by atoms with Crippen molar-refractivity contribution in [2.24, 2.45) is 5.92 Å². The normalized spacial score (nSPS) is 19.6. The molecule has 18 heavy (non-hydrogen) atoms. The summed E-state index contributed by atoms with van der Waals surface area (Å²) in [6.07, 6.45) is 4.45. The third kappa shape index (κ3) is 3.53. The number of halogens is 1. The van der Waals surface area contributed by atoms with Crippen LogP contribution < -0.4 is 10.1 Å². The van der Waals surface area contributed by atoms with E-state index in [9.17, 15) is 4.39 Å². The number of hydrogen-bond acceptors (Lipinski definition) is 5. The van der Waals surface area contributed by atoms with Gasteiger partial charge in [0.25, 0.3) is 5.88 Å². The summed E-state index contributed by atoms with van der Waals surface area (Å²) in [4.78, 5) is 7.78. The summed E-state index contributed by atoms with van der Waals surface area (Å²) in [5.41, 5.74) is 0. The van der Waals surface area contributed by atoms with Crippen molar-refractivity contribution in [3.8, 4) is 5.88 Å². The molecular weight excluding hydrogens is 237 g/mol. The Labute approximate surface area is 106 Å². The Kier molecular flexibility index (Phi) is 4.69. The molecule has 1 aromatic heterocycles. The van der Waals surface area contributed by atoms with Crippen LogP contribution in [0.1, 0.15) is 19.3 Å². The first kappa shape index (κ1) is 13.0. The van der Waals surface area contributed by atoms with Crippen molar-refractivity contribution < 1.29 is 13.9 Å². The maximum Gasteiger partial charge on any atom is 0.255 e. The van der Waals surface area contributed by atoms with Gasteiger partial charge in [-0.25, -0.2) is 4.98 Å². The van der Waals surface area contributed by atoms with Gasteiger partial charge < -0.3 is 14.8 Å². The van der Waals surface area contributed by atoms with E-state index in [1.165, 1.54) is 13.5 Å². The fourth-order valence-electron chi connectivity index (χ4n) is 2.00. The number of aromatic nitrogens is 2. The molecule has 0 aliphatic carbocycles. The second-order valence-electron chi connectivity index (χ2n) is 4.35. The highest BCUT2D eigenvalue weighted by atomic mass is 19.1. The highest BCUT2D eigenvalue weighted by Crippen LogP contribution is 2.17. The molecule has 0 radical (unpaired) electrons. The van der Waals surface area contributed by atoms with Gasteiger partial charge in [0.1, 0.15) is 0 Å². The van der Waals surface area contributed by atoms with Gasteiger partial charge >= 0.3 is 0 Å². The zero-order valence-corrected chi connectivity index (χ0v) is 10.5. The zero-order chi connectivity index (χ0) is 12.8. The van der Waals surface area contributed by atoms with Crippen LogP contribution in [0.25, 0.3) is 0 Å². The Balaban J connectivity index is 1.79. The van der Waals surface area contributed by atoms with Crippen molar-refractivity contribution in [1.29, 1.82) is 0 Å². The van der Waals surface area contributed by atoms with Gasteiger partial charge in [-0.1, -0.05) is 0 Å². The molecule has 1 aromatic rings. The molecule has 5 nitrogen and oxygen atoms in total. The maximum atomic E-state index is 13.1. The van der Waals surface area contributed by atoms with Crippen molar-refractivity contribution >= 4 is 5.95 Å². The monoisotopic (exact) mass is 255 g/mol. The molecule has 1 fully saturated rings. The number of methoxy groups -OCH3 is 1. The van der Waals surface area contributed by atoms with E-state index >= 15 is 0 Å². The molecule has 1 N–H and O–H groups in total. The second-order valence-corrected chi connectivity index (χ2v) is 4.35. The van der Waals surface area contributed by atoms with E-state index in [1.54, 1.807) is 0 Å². The van der Waals surface area contributed by atoms with E-state index in [-0.39, 0.29) is 5.88 Å². The quantitative estimate of drug-likeness (QED) is 0.870. The minimum absolute atomic E-state index is 0.0338. The summed E-state index contributed by atoms with van der Waals surface area (Å²) >= 11 is 0. The summed E-state index contributed by atoms with van der Waals surface area (Å²) in [7, 11) is 1.38. The first-order chi connectivity index (χ1) is 8.79. The molecule has 2 heterocycles. The minimum atomic E-state index is -0.552. The molecule has 1 aliphatic rings. The van der Waals surface area contributed by atoms with Gasteiger partial charge in [-0.2, -0.15) is 9.37 Å². The van der Waals surface area contributed by atoms with Crippen molar-refractivity contribution in [3.05, 3.63) is 12.0 Å². The fourth-order valence-corrected chi connectivity index (χ4v) is 2.00. The molecule has 0 aromatic carbocycles. The lowest BCUT2D eigenvalue weighted by atomic mass is 9.99. The van der Waals surface area contributed by atoms with E-state index in [2.05, 4.69) is 15.3 Å². The Bertz CT molecular complexity index is 384. The van der Waals surface area contributed by atoms with Crippen LogP contribution in [-0.4, -0.2) is 36.8 Å². The first-order valence-electron chi connectivity index (χ1n) is 6.17. The van der Waals surface area contributed by atoms with Gasteiger partial charge in [-0.05, 0) is 25.2 Å². The topological polar surface area (TPSA) is 56.3 Å². The Morgan fingerprint density at radius 1 is 1.61 bits per heavy atom. The van der Waals surface area contributed by atoms with Crippen LogP contribution >= 0.6 is 0 Å². The van der Waals surface area contributed by atoms with Crippen molar-refractivity contribution in [2.45, 2.75) is 19.3 Å². The molecule has 1 aliphatic heterocycles. The molecule has 2 rings (SSSR count). The predicted octanol–water partition coefficient (Wildman–Crippen LogP) is 1.85. The molecule has 0 unspecified atom stereocenters. The third-order valence-electron chi connectivity index (χ3n) is 3.00. The average Bonchev–Trinajstić information content (AvgIpc) is 2.42. The van der Waals surface area contributed by atoms with Crippen LogP contribution in [0.2, 0.25) is 0 Å². The third-order valence-corrected chi connectivity index (χ3v) is 3.00. The van der Waals surface area contributed by atoms with E-state index in [1.807, 2.05) is 0 Å². The number of rotatable bonds is 5. The standard InChI is InChI=1S/C12H18FN3O2/c1-17-11-10(13)7-15-12(16-11)14-5-4-9-3-2-6-18-8-9/h7,9H,2-6,8H2,1H3,(H,14,15,16)/t9-/m0/s1. The summed E-state index contributed by atoms with van der Waals surface area (Å²) in [5.74, 6) is 0.399. The van der Waals surface area contributed by atoms with E-state index in [4.69, 9.17) is 9.47 Å². The summed E-state index contributed by atoms with van der Waals surface area (Å²) in [6.45, 7) is 2.46. The number of hydrogen-bond donors (Lipinski definition) is 1. The molecule has 0 spiro atoms. The Morgan fingerprint density at radius 3 is 3.22 bits per heavy atom. The summed E-state index contributed by atoms with van der Waals surface area (Å²) in [5, 5.41) is 3.07. The molecule has 1 saturated heterocycles. The van der Waals surface area contributed by atoms with Crippen molar-refractivity contribution in [3.63, 3.8) is 0 Å². The van der Waals surface area contributed by atoms with Crippen LogP contribution in [0.4, 0.5) is 10.3 Å². The highest BCUT2D eigenvalue weighted by molar-refractivity contribution is 5.28. The Morgan fingerprint density at radius 2 is 2.50 bits per heavy atom. The smallest absolute Gasteiger partial charge is 0.255 e. The fraction of sp³-hybridized carbons (Fsp3) is 0.667. The van der Waals surface area contributed by atoms with Gasteiger partial charge in [0.2, 0.25) is 11.8 Å². The first-order valence-corrected chi connectivity index (χ1v) is 6.17. The molecule has 6 heteroatoms. The SMILES string of the molecule is COc1nc(NCC[C@@H]2CCCOC2)ncc1F. The van der Waals surface area contributed by atoms with Crippen LogP contribution in [0.3, 0.4) is 0 Å². The van der Waals surface area contributed by atoms with E-state index < -0.39 is 5.82 Å². The van der Waals surface area contributed by atoms with E-state index in [0.29, 0.717) is 11.9 Å². The van der Waals surface area contributed by atoms with Crippen LogP contribution in [0.5, 0.6) is 5.88 Å². The number of ether oxygens (including phenoxy) is 2. The van der Waals surface area contributed by atoms with Gasteiger partial charge in [0.15, 0.2) is 0 Å². The summed E-state index contributed by atoms with van der Waals surface area (Å²) < 4.78 is 23.3. The lowest BCUT2D eigenvalue weighted by Crippen LogP contribution is -2.20. The van der Waals surface area contributed by atoms with Gasteiger partial charge in [0.05, 0.1) is 13.3 Å². The predicted molar refractivity (Wildman–Crippen MR) is 65.2 cm³/mol. The maximum absolute atomic E-state index is 13.1. The van der Waals surface area contributed by atoms with Crippen LogP contribution in [0.15, 0.2) is 6.20 Å². The van der Waals surface area contributed by atoms with Crippen LogP contribution in [0, 0.1) is 11.7 Å². The molecule has 0 amide bonds. The zero-order valence-electron chi connectivity index (χ0n) is 10.5. The summed E-state index contributed by atoms with van der Waals surface area (Å²) in [6, 6.07) is 0. The number of nitrogens with zero attached hydrogens (tertiary/aromatic N) is 2. The van der Waals surface area contributed by atoms with Gasteiger partial charge in [-0.3, -0.25) is 0 Å². The molecule has 100 valence electrons. The van der Waals surface area contributed by atoms with Gasteiger partial charge in [0, 0.05) is 19.8 Å². The molecular formula is C12H18FN3O2. The number of anilines is 1. The van der Waals surface area contributed by atoms with Crippen LogP contribution in [-0.2, 0) is 4.74 Å². The molecule has 0 bridgehead atoms. The Hall–Kier alpha value is -1.43. The van der Waals surface area contributed by atoms with Crippen molar-refractivity contribution in [1.82, 2.24) is 9.97 Å². The van der Waals surface area contributed by atoms with Crippen molar-refractivity contribution in [2.75, 3.05) is 32.2 Å².